The molecule has 0 aromatic heterocycles. The molecule has 122 valence electrons. The first-order chi connectivity index (χ1) is 11.6. The van der Waals surface area contributed by atoms with Gasteiger partial charge in [0.2, 0.25) is 0 Å². The molecule has 24 heavy (non-hydrogen) atoms. The van der Waals surface area contributed by atoms with Crippen molar-refractivity contribution in [2.24, 2.45) is 0 Å². The number of hydrogen-bond donors (Lipinski definition) is 0. The Kier molecular flexibility index (Phi) is 4.66. The van der Waals surface area contributed by atoms with Crippen LogP contribution in [0.5, 0.6) is 0 Å². The molecule has 0 spiro atoms. The number of rotatable bonds is 4. The summed E-state index contributed by atoms with van der Waals surface area (Å²) in [7, 11) is 0. The molecule has 1 aliphatic rings. The van der Waals surface area contributed by atoms with E-state index in [0.717, 1.165) is 33.0 Å². The number of carbonyl (C=O) groups excluding carboxylic acids is 3. The summed E-state index contributed by atoms with van der Waals surface area (Å²) < 4.78 is 4.80. The van der Waals surface area contributed by atoms with Crippen LogP contribution in [-0.2, 0) is 14.3 Å². The quantitative estimate of drug-likeness (QED) is 0.630. The Bertz CT molecular complexity index is 854. The highest BCUT2D eigenvalue weighted by molar-refractivity contribution is 8.18. The molecule has 1 fully saturated rings. The summed E-state index contributed by atoms with van der Waals surface area (Å²) >= 11 is 0.836. The molecule has 0 atom stereocenters. The Morgan fingerprint density at radius 1 is 1.17 bits per heavy atom. The van der Waals surface area contributed by atoms with Crippen LogP contribution in [0.4, 0.5) is 4.79 Å². The van der Waals surface area contributed by atoms with Gasteiger partial charge < -0.3 is 4.74 Å². The average Bonchev–Trinajstić information content (AvgIpc) is 2.83. The van der Waals surface area contributed by atoms with Crippen LogP contribution in [0.25, 0.3) is 16.8 Å². The molecule has 2 aromatic rings. The fourth-order valence-corrected chi connectivity index (χ4v) is 3.32. The Morgan fingerprint density at radius 2 is 1.92 bits per heavy atom. The zero-order chi connectivity index (χ0) is 17.1. The average molecular weight is 341 g/mol. The SMILES string of the molecule is CCOC(=O)CN1C(=O)S/C(=C\c2cccc3ccccc23)C1=O. The van der Waals surface area contributed by atoms with Crippen molar-refractivity contribution in [2.75, 3.05) is 13.2 Å². The van der Waals surface area contributed by atoms with E-state index in [9.17, 15) is 14.4 Å². The highest BCUT2D eigenvalue weighted by atomic mass is 32.2. The topological polar surface area (TPSA) is 63.7 Å². The number of carbonyl (C=O) groups is 3. The van der Waals surface area contributed by atoms with Gasteiger partial charge in [-0.15, -0.1) is 0 Å². The van der Waals surface area contributed by atoms with E-state index in [1.807, 2.05) is 42.5 Å². The zero-order valence-electron chi connectivity index (χ0n) is 13.0. The highest BCUT2D eigenvalue weighted by Crippen LogP contribution is 2.33. The minimum Gasteiger partial charge on any atom is -0.465 e. The van der Waals surface area contributed by atoms with Crippen LogP contribution >= 0.6 is 11.8 Å². The van der Waals surface area contributed by atoms with Gasteiger partial charge in [-0.25, -0.2) is 0 Å². The van der Waals surface area contributed by atoms with Gasteiger partial charge in [0.25, 0.3) is 11.1 Å². The number of thioether (sulfide) groups is 1. The van der Waals surface area contributed by atoms with Gasteiger partial charge in [-0.2, -0.15) is 0 Å². The Labute approximate surface area is 143 Å². The van der Waals surface area contributed by atoms with Crippen molar-refractivity contribution in [1.82, 2.24) is 4.90 Å². The van der Waals surface area contributed by atoms with Crippen molar-refractivity contribution in [2.45, 2.75) is 6.92 Å². The molecular formula is C18H15NO4S. The lowest BCUT2D eigenvalue weighted by Gasteiger charge is -2.10. The molecule has 0 saturated carbocycles. The molecular weight excluding hydrogens is 326 g/mol. The number of amides is 2. The van der Waals surface area contributed by atoms with Crippen molar-refractivity contribution < 1.29 is 19.1 Å². The maximum atomic E-state index is 12.4. The van der Waals surface area contributed by atoms with E-state index in [-0.39, 0.29) is 13.2 Å². The van der Waals surface area contributed by atoms with E-state index in [1.54, 1.807) is 13.0 Å². The smallest absolute Gasteiger partial charge is 0.326 e. The molecule has 3 rings (SSSR count). The Balaban J connectivity index is 1.89. The van der Waals surface area contributed by atoms with Gasteiger partial charge in [0.15, 0.2) is 0 Å². The molecule has 0 unspecified atom stereocenters. The standard InChI is InChI=1S/C18H15NO4S/c1-2-23-16(20)11-19-17(21)15(24-18(19)22)10-13-8-5-7-12-6-3-4-9-14(12)13/h3-10H,2,11H2,1H3/b15-10-. The van der Waals surface area contributed by atoms with E-state index < -0.39 is 17.1 Å². The van der Waals surface area contributed by atoms with Gasteiger partial charge in [0.1, 0.15) is 6.54 Å². The fourth-order valence-electron chi connectivity index (χ4n) is 2.49. The summed E-state index contributed by atoms with van der Waals surface area (Å²) in [5.74, 6) is -1.06. The van der Waals surface area contributed by atoms with Crippen molar-refractivity contribution in [3.63, 3.8) is 0 Å². The van der Waals surface area contributed by atoms with Crippen LogP contribution in [-0.4, -0.2) is 35.2 Å². The molecule has 6 heteroatoms. The molecule has 0 N–H and O–H groups in total. The Morgan fingerprint density at radius 3 is 2.71 bits per heavy atom. The van der Waals surface area contributed by atoms with Crippen molar-refractivity contribution in [3.05, 3.63) is 52.9 Å². The minimum atomic E-state index is -0.591. The molecule has 2 aromatic carbocycles. The summed E-state index contributed by atoms with van der Waals surface area (Å²) in [5, 5.41) is 1.59. The first-order valence-corrected chi connectivity index (χ1v) is 8.30. The molecule has 0 radical (unpaired) electrons. The third kappa shape index (κ3) is 3.19. The fraction of sp³-hybridized carbons (Fsp3) is 0.167. The summed E-state index contributed by atoms with van der Waals surface area (Å²) in [6.07, 6.45) is 1.69. The van der Waals surface area contributed by atoms with E-state index in [1.165, 1.54) is 0 Å². The van der Waals surface area contributed by atoms with Gasteiger partial charge in [-0.3, -0.25) is 19.3 Å². The maximum Gasteiger partial charge on any atom is 0.326 e. The zero-order valence-corrected chi connectivity index (χ0v) is 13.8. The van der Waals surface area contributed by atoms with Gasteiger partial charge in [-0.1, -0.05) is 42.5 Å². The molecule has 0 aliphatic carbocycles. The van der Waals surface area contributed by atoms with Crippen LogP contribution in [0.3, 0.4) is 0 Å². The van der Waals surface area contributed by atoms with Crippen LogP contribution in [0.1, 0.15) is 12.5 Å². The monoisotopic (exact) mass is 341 g/mol. The normalized spacial score (nSPS) is 16.2. The van der Waals surface area contributed by atoms with Crippen LogP contribution in [0, 0.1) is 0 Å². The number of fused-ring (bicyclic) bond motifs is 1. The second-order valence-electron chi connectivity index (χ2n) is 5.14. The van der Waals surface area contributed by atoms with Crippen molar-refractivity contribution >= 4 is 45.7 Å². The van der Waals surface area contributed by atoms with Crippen LogP contribution in [0.2, 0.25) is 0 Å². The number of nitrogens with zero attached hydrogens (tertiary/aromatic N) is 1. The van der Waals surface area contributed by atoms with E-state index in [2.05, 4.69) is 0 Å². The predicted octanol–water partition coefficient (Wildman–Crippen LogP) is 3.44. The van der Waals surface area contributed by atoms with Gasteiger partial charge in [-0.05, 0) is 41.1 Å². The lowest BCUT2D eigenvalue weighted by molar-refractivity contribution is -0.145. The van der Waals surface area contributed by atoms with Crippen molar-refractivity contribution in [1.29, 1.82) is 0 Å². The minimum absolute atomic E-state index is 0.209. The molecule has 1 saturated heterocycles. The first kappa shape index (κ1) is 16.3. The second kappa shape index (κ2) is 6.88. The molecule has 0 bridgehead atoms. The van der Waals surface area contributed by atoms with Gasteiger partial charge >= 0.3 is 5.97 Å². The van der Waals surface area contributed by atoms with Gasteiger partial charge in [0, 0.05) is 0 Å². The summed E-state index contributed by atoms with van der Waals surface area (Å²) in [5.41, 5.74) is 0.856. The largest absolute Gasteiger partial charge is 0.465 e. The summed E-state index contributed by atoms with van der Waals surface area (Å²) in [6, 6.07) is 13.6. The van der Waals surface area contributed by atoms with E-state index in [4.69, 9.17) is 4.74 Å². The van der Waals surface area contributed by atoms with E-state index >= 15 is 0 Å². The maximum absolute atomic E-state index is 12.4. The van der Waals surface area contributed by atoms with E-state index in [0.29, 0.717) is 4.91 Å². The Hall–Kier alpha value is -2.60. The molecule has 1 aliphatic heterocycles. The van der Waals surface area contributed by atoms with Crippen LogP contribution < -0.4 is 0 Å². The summed E-state index contributed by atoms with van der Waals surface area (Å²) in [4.78, 5) is 37.2. The van der Waals surface area contributed by atoms with Crippen LogP contribution in [0.15, 0.2) is 47.4 Å². The van der Waals surface area contributed by atoms with Gasteiger partial charge in [0.05, 0.1) is 11.5 Å². The highest BCUT2D eigenvalue weighted by Gasteiger charge is 2.36. The lowest BCUT2D eigenvalue weighted by atomic mass is 10.0. The third-order valence-electron chi connectivity index (χ3n) is 3.58. The lowest BCUT2D eigenvalue weighted by Crippen LogP contribution is -2.34. The third-order valence-corrected chi connectivity index (χ3v) is 4.48. The number of imide groups is 1. The number of benzene rings is 2. The summed E-state index contributed by atoms with van der Waals surface area (Å²) in [6.45, 7) is 1.53. The molecule has 2 amide bonds. The molecule has 5 nitrogen and oxygen atoms in total. The number of hydrogen-bond acceptors (Lipinski definition) is 5. The molecule has 1 heterocycles. The van der Waals surface area contributed by atoms with Crippen molar-refractivity contribution in [3.8, 4) is 0 Å². The first-order valence-electron chi connectivity index (χ1n) is 7.49. The number of ether oxygens (including phenoxy) is 1. The predicted molar refractivity (Wildman–Crippen MR) is 93.3 cm³/mol. The number of esters is 1. The second-order valence-corrected chi connectivity index (χ2v) is 6.13.